The van der Waals surface area contributed by atoms with Crippen molar-refractivity contribution in [3.8, 4) is 11.3 Å². The summed E-state index contributed by atoms with van der Waals surface area (Å²) in [5, 5.41) is 15.0. The minimum atomic E-state index is -1.09. The van der Waals surface area contributed by atoms with Gasteiger partial charge in [0.1, 0.15) is 11.5 Å². The number of hydrogen-bond acceptors (Lipinski definition) is 6. The van der Waals surface area contributed by atoms with Gasteiger partial charge >= 0.3 is 11.9 Å². The zero-order valence-electron chi connectivity index (χ0n) is 19.7. The smallest absolute Gasteiger partial charge is 0.339 e. The summed E-state index contributed by atoms with van der Waals surface area (Å²) in [7, 11) is 0. The van der Waals surface area contributed by atoms with E-state index in [9.17, 15) is 19.5 Å². The molecule has 0 unspecified atom stereocenters. The number of unbranched alkanes of at least 4 members (excludes halogenated alkanes) is 1. The first-order valence-electron chi connectivity index (χ1n) is 11.3. The summed E-state index contributed by atoms with van der Waals surface area (Å²) in [4.78, 5) is 36.7. The van der Waals surface area contributed by atoms with Crippen LogP contribution in [0.1, 0.15) is 53.2 Å². The second kappa shape index (κ2) is 10.6. The van der Waals surface area contributed by atoms with Crippen molar-refractivity contribution in [1.82, 2.24) is 0 Å². The number of carboxylic acids is 1. The first kappa shape index (κ1) is 24.9. The van der Waals surface area contributed by atoms with Gasteiger partial charge in [-0.15, -0.1) is 0 Å². The van der Waals surface area contributed by atoms with Gasteiger partial charge in [-0.1, -0.05) is 31.0 Å². The number of ether oxygens (including phenoxy) is 1. The van der Waals surface area contributed by atoms with Crippen LogP contribution in [0.15, 0.2) is 69.7 Å². The Morgan fingerprint density at radius 1 is 1.17 bits per heavy atom. The van der Waals surface area contributed by atoms with Crippen molar-refractivity contribution in [2.75, 3.05) is 11.6 Å². The Morgan fingerprint density at radius 2 is 1.97 bits per heavy atom. The summed E-state index contributed by atoms with van der Waals surface area (Å²) in [6.45, 7) is 4.01. The van der Waals surface area contributed by atoms with Crippen molar-refractivity contribution in [3.05, 3.63) is 82.1 Å². The van der Waals surface area contributed by atoms with E-state index in [0.29, 0.717) is 40.7 Å². The fraction of sp³-hybridized carbons (Fsp3) is 0.185. The zero-order valence-corrected chi connectivity index (χ0v) is 20.4. The van der Waals surface area contributed by atoms with Gasteiger partial charge in [-0.25, -0.2) is 9.59 Å². The molecular formula is C27H23ClN2O6. The Labute approximate surface area is 212 Å². The van der Waals surface area contributed by atoms with Gasteiger partial charge < -0.3 is 14.3 Å². The third-order valence-corrected chi connectivity index (χ3v) is 5.85. The van der Waals surface area contributed by atoms with Crippen LogP contribution in [0.4, 0.5) is 5.69 Å². The molecule has 9 heteroatoms. The summed E-state index contributed by atoms with van der Waals surface area (Å²) in [5.41, 5.74) is 2.05. The number of nitrogens with zero attached hydrogens (tertiary/aromatic N) is 2. The van der Waals surface area contributed by atoms with Gasteiger partial charge in [-0.2, -0.15) is 10.1 Å². The van der Waals surface area contributed by atoms with Crippen molar-refractivity contribution in [1.29, 1.82) is 0 Å². The van der Waals surface area contributed by atoms with Crippen LogP contribution in [0.25, 0.3) is 17.4 Å². The van der Waals surface area contributed by atoms with E-state index in [1.807, 2.05) is 6.92 Å². The minimum Gasteiger partial charge on any atom is -0.478 e. The monoisotopic (exact) mass is 506 g/mol. The molecule has 36 heavy (non-hydrogen) atoms. The van der Waals surface area contributed by atoms with E-state index in [1.54, 1.807) is 55.5 Å². The molecule has 1 aromatic heterocycles. The highest BCUT2D eigenvalue weighted by molar-refractivity contribution is 6.33. The number of aromatic carboxylic acids is 1. The van der Waals surface area contributed by atoms with Gasteiger partial charge in [0, 0.05) is 5.56 Å². The predicted octanol–water partition coefficient (Wildman–Crippen LogP) is 6.06. The van der Waals surface area contributed by atoms with Gasteiger partial charge in [-0.05, 0) is 68.0 Å². The van der Waals surface area contributed by atoms with E-state index < -0.39 is 17.8 Å². The maximum atomic E-state index is 13.0. The van der Waals surface area contributed by atoms with Crippen LogP contribution >= 0.6 is 11.6 Å². The number of carbonyl (C=O) groups excluding carboxylic acids is 2. The summed E-state index contributed by atoms with van der Waals surface area (Å²) < 4.78 is 11.2. The van der Waals surface area contributed by atoms with Crippen LogP contribution in [0.5, 0.6) is 0 Å². The fourth-order valence-electron chi connectivity index (χ4n) is 3.58. The molecule has 1 amide bonds. The molecule has 1 N–H and O–H groups in total. The molecule has 184 valence electrons. The largest absolute Gasteiger partial charge is 0.478 e. The standard InChI is InChI=1S/C27H23ClN2O6/c1-3-4-12-35-27(34)22-14-17(8-10-23(22)28)24-11-9-20(36-24)15-21-16(2)29-30(25(21)31)19-7-5-6-18(13-19)26(32)33/h5-11,13-15H,3-4,12H2,1-2H3,(H,32,33). The molecule has 0 atom stereocenters. The summed E-state index contributed by atoms with van der Waals surface area (Å²) >= 11 is 6.20. The number of rotatable bonds is 8. The topological polar surface area (TPSA) is 109 Å². The van der Waals surface area contributed by atoms with Crippen LogP contribution in [-0.2, 0) is 9.53 Å². The number of benzene rings is 2. The number of hydrazone groups is 1. The van der Waals surface area contributed by atoms with Crippen molar-refractivity contribution >= 4 is 46.9 Å². The van der Waals surface area contributed by atoms with Gasteiger partial charge in [0.25, 0.3) is 5.91 Å². The lowest BCUT2D eigenvalue weighted by Gasteiger charge is -2.12. The van der Waals surface area contributed by atoms with E-state index in [1.165, 1.54) is 12.1 Å². The number of carboxylic acid groups (broad SMARTS) is 1. The molecule has 0 bridgehead atoms. The molecule has 0 radical (unpaired) electrons. The van der Waals surface area contributed by atoms with Crippen molar-refractivity contribution in [2.24, 2.45) is 5.10 Å². The molecule has 1 aliphatic heterocycles. The predicted molar refractivity (Wildman–Crippen MR) is 136 cm³/mol. The SMILES string of the molecule is CCCCOC(=O)c1cc(-c2ccc(C=C3C(=O)N(c4cccc(C(=O)O)c4)N=C3C)o2)ccc1Cl. The maximum Gasteiger partial charge on any atom is 0.339 e. The van der Waals surface area contributed by atoms with E-state index >= 15 is 0 Å². The average molecular weight is 507 g/mol. The average Bonchev–Trinajstić information content (AvgIpc) is 3.44. The van der Waals surface area contributed by atoms with Crippen molar-refractivity contribution in [2.45, 2.75) is 26.7 Å². The van der Waals surface area contributed by atoms with E-state index in [4.69, 9.17) is 20.8 Å². The molecule has 4 rings (SSSR count). The number of furan rings is 1. The summed E-state index contributed by atoms with van der Waals surface area (Å²) in [5.74, 6) is -1.11. The van der Waals surface area contributed by atoms with E-state index in [0.717, 1.165) is 17.9 Å². The Bertz CT molecular complexity index is 1400. The van der Waals surface area contributed by atoms with Crippen LogP contribution in [0, 0.1) is 0 Å². The highest BCUT2D eigenvalue weighted by Crippen LogP contribution is 2.30. The number of esters is 1. The van der Waals surface area contributed by atoms with E-state index in [2.05, 4.69) is 5.10 Å². The number of hydrogen-bond donors (Lipinski definition) is 1. The minimum absolute atomic E-state index is 0.0536. The molecule has 0 saturated heterocycles. The Morgan fingerprint density at radius 3 is 2.72 bits per heavy atom. The molecule has 0 aliphatic carbocycles. The highest BCUT2D eigenvalue weighted by atomic mass is 35.5. The van der Waals surface area contributed by atoms with Crippen LogP contribution < -0.4 is 5.01 Å². The van der Waals surface area contributed by atoms with Gasteiger partial charge in [0.05, 0.1) is 39.7 Å². The first-order valence-corrected chi connectivity index (χ1v) is 11.7. The highest BCUT2D eigenvalue weighted by Gasteiger charge is 2.29. The van der Waals surface area contributed by atoms with Gasteiger partial charge in [-0.3, -0.25) is 4.79 Å². The third-order valence-electron chi connectivity index (χ3n) is 5.52. The number of halogens is 1. The number of amides is 1. The molecule has 0 spiro atoms. The molecule has 1 aliphatic rings. The van der Waals surface area contributed by atoms with Crippen LogP contribution in [-0.4, -0.2) is 35.3 Å². The fourth-order valence-corrected chi connectivity index (χ4v) is 3.77. The maximum absolute atomic E-state index is 13.0. The van der Waals surface area contributed by atoms with E-state index in [-0.39, 0.29) is 16.1 Å². The molecule has 0 saturated carbocycles. The summed E-state index contributed by atoms with van der Waals surface area (Å²) in [6.07, 6.45) is 3.25. The Balaban J connectivity index is 1.56. The second-order valence-corrected chi connectivity index (χ2v) is 8.51. The Kier molecular flexibility index (Phi) is 7.36. The molecule has 2 heterocycles. The van der Waals surface area contributed by atoms with Crippen molar-refractivity contribution in [3.63, 3.8) is 0 Å². The number of anilines is 1. The summed E-state index contributed by atoms with van der Waals surface area (Å²) in [6, 6.07) is 14.4. The second-order valence-electron chi connectivity index (χ2n) is 8.10. The third kappa shape index (κ3) is 5.23. The lowest BCUT2D eigenvalue weighted by atomic mass is 10.1. The lowest BCUT2D eigenvalue weighted by Crippen LogP contribution is -2.21. The van der Waals surface area contributed by atoms with Crippen molar-refractivity contribution < 1.29 is 28.6 Å². The van der Waals surface area contributed by atoms with Crippen LogP contribution in [0.2, 0.25) is 5.02 Å². The quantitative estimate of drug-likeness (QED) is 0.226. The molecule has 2 aromatic carbocycles. The van der Waals surface area contributed by atoms with Gasteiger partial charge in [0.15, 0.2) is 0 Å². The lowest BCUT2D eigenvalue weighted by molar-refractivity contribution is -0.114. The molecular weight excluding hydrogens is 484 g/mol. The number of carbonyl (C=O) groups is 3. The first-order chi connectivity index (χ1) is 17.3. The molecule has 3 aromatic rings. The molecule has 8 nitrogen and oxygen atoms in total. The zero-order chi connectivity index (χ0) is 25.8. The van der Waals surface area contributed by atoms with Crippen LogP contribution in [0.3, 0.4) is 0 Å². The Hall–Kier alpha value is -4.17. The normalized spacial score (nSPS) is 14.3. The van der Waals surface area contributed by atoms with Gasteiger partial charge in [0.2, 0.25) is 0 Å². The molecule has 0 fully saturated rings.